The molecular weight excluding hydrogens is 256 g/mol. The van der Waals surface area contributed by atoms with Gasteiger partial charge in [0.2, 0.25) is 0 Å². The summed E-state index contributed by atoms with van der Waals surface area (Å²) in [7, 11) is 4.06. The lowest BCUT2D eigenvalue weighted by Gasteiger charge is -2.10. The molecule has 0 aliphatic rings. The zero-order valence-corrected chi connectivity index (χ0v) is 13.0. The van der Waals surface area contributed by atoms with E-state index in [1.165, 1.54) is 5.70 Å². The molecule has 0 aliphatic carbocycles. The van der Waals surface area contributed by atoms with Gasteiger partial charge in [-0.15, -0.1) is 0 Å². The van der Waals surface area contributed by atoms with Crippen molar-refractivity contribution in [2.24, 2.45) is 0 Å². The van der Waals surface area contributed by atoms with Gasteiger partial charge in [0.15, 0.2) is 0 Å². The molecule has 2 nitrogen and oxygen atoms in total. The van der Waals surface area contributed by atoms with Gasteiger partial charge in [-0.2, -0.15) is 0 Å². The summed E-state index contributed by atoms with van der Waals surface area (Å²) in [5.74, 6) is 6.44. The smallest absolute Gasteiger partial charge is 0.0714 e. The first-order chi connectivity index (χ1) is 10.1. The first-order valence-corrected chi connectivity index (χ1v) is 6.96. The second-order valence-electron chi connectivity index (χ2n) is 5.18. The van der Waals surface area contributed by atoms with E-state index in [1.807, 2.05) is 57.6 Å². The maximum atomic E-state index is 4.35. The molecule has 1 aromatic heterocycles. The van der Waals surface area contributed by atoms with Gasteiger partial charge < -0.3 is 4.90 Å². The number of hydrogen-bond acceptors (Lipinski definition) is 2. The Morgan fingerprint density at radius 2 is 1.86 bits per heavy atom. The molecule has 2 aromatic rings. The fraction of sp³-hybridized carbons (Fsp3) is 0.211. The second kappa shape index (κ2) is 6.76. The van der Waals surface area contributed by atoms with Crippen LogP contribution in [0.1, 0.15) is 19.4 Å². The highest BCUT2D eigenvalue weighted by Gasteiger charge is 1.97. The highest BCUT2D eigenvalue weighted by molar-refractivity contribution is 5.84. The summed E-state index contributed by atoms with van der Waals surface area (Å²) in [6.07, 6.45) is 5.93. The number of aromatic nitrogens is 1. The van der Waals surface area contributed by atoms with Crippen LogP contribution in [0.5, 0.6) is 0 Å². The van der Waals surface area contributed by atoms with Gasteiger partial charge in [-0.05, 0) is 43.7 Å². The Morgan fingerprint density at radius 1 is 1.10 bits per heavy atom. The van der Waals surface area contributed by atoms with Crippen molar-refractivity contribution >= 4 is 10.9 Å². The molecule has 0 saturated heterocycles. The fourth-order valence-electron chi connectivity index (χ4n) is 1.81. The summed E-state index contributed by atoms with van der Waals surface area (Å²) in [4.78, 5) is 6.43. The Kier molecular flexibility index (Phi) is 4.79. The van der Waals surface area contributed by atoms with Crippen LogP contribution in [0.4, 0.5) is 0 Å². The molecule has 0 unspecified atom stereocenters. The van der Waals surface area contributed by atoms with Crippen LogP contribution in [-0.2, 0) is 0 Å². The Labute approximate surface area is 126 Å². The molecule has 0 fully saturated rings. The number of rotatable bonds is 2. The lowest BCUT2D eigenvalue weighted by Crippen LogP contribution is -2.07. The Balaban J connectivity index is 2.29. The van der Waals surface area contributed by atoms with E-state index in [0.29, 0.717) is 0 Å². The highest BCUT2D eigenvalue weighted by atomic mass is 15.1. The molecule has 0 spiro atoms. The molecule has 106 valence electrons. The third-order valence-electron chi connectivity index (χ3n) is 3.32. The number of nitrogens with zero attached hydrogens (tertiary/aromatic N) is 2. The molecule has 1 heterocycles. The number of hydrogen-bond donors (Lipinski definition) is 0. The minimum atomic E-state index is 0.981. The predicted molar refractivity (Wildman–Crippen MR) is 89.8 cm³/mol. The number of allylic oxidation sites excluding steroid dienone is 4. The van der Waals surface area contributed by atoms with Crippen LogP contribution in [0.25, 0.3) is 10.9 Å². The second-order valence-corrected chi connectivity index (χ2v) is 5.18. The van der Waals surface area contributed by atoms with Gasteiger partial charge in [-0.25, -0.2) is 0 Å². The zero-order valence-electron chi connectivity index (χ0n) is 13.0. The molecule has 1 aromatic carbocycles. The largest absolute Gasteiger partial charge is 0.381 e. The lowest BCUT2D eigenvalue weighted by atomic mass is 10.1. The Bertz CT molecular complexity index is 750. The Morgan fingerprint density at radius 3 is 2.62 bits per heavy atom. The third-order valence-corrected chi connectivity index (χ3v) is 3.32. The van der Waals surface area contributed by atoms with Gasteiger partial charge in [0.25, 0.3) is 0 Å². The van der Waals surface area contributed by atoms with E-state index in [-0.39, 0.29) is 0 Å². The molecule has 0 aliphatic heterocycles. The van der Waals surface area contributed by atoms with Crippen LogP contribution in [0.2, 0.25) is 0 Å². The molecule has 0 atom stereocenters. The van der Waals surface area contributed by atoms with Crippen molar-refractivity contribution in [2.75, 3.05) is 14.1 Å². The summed E-state index contributed by atoms with van der Waals surface area (Å²) < 4.78 is 0. The quantitative estimate of drug-likeness (QED) is 0.609. The minimum absolute atomic E-state index is 0.981. The SMILES string of the molecule is CC(C#Cc1ccnc2ccccc12)=CC=C(C)N(C)C. The highest BCUT2D eigenvalue weighted by Crippen LogP contribution is 2.15. The standard InChI is InChI=1S/C19H20N2/c1-15(9-11-16(2)21(3)4)10-12-17-13-14-20-19-8-6-5-7-18(17)19/h5-9,11,13-14H,1-4H3. The van der Waals surface area contributed by atoms with Crippen molar-refractivity contribution in [3.8, 4) is 11.8 Å². The van der Waals surface area contributed by atoms with E-state index in [2.05, 4.69) is 40.8 Å². The summed E-state index contributed by atoms with van der Waals surface area (Å²) in [5, 5.41) is 1.10. The normalized spacial score (nSPS) is 12.0. The van der Waals surface area contributed by atoms with Crippen molar-refractivity contribution in [3.05, 3.63) is 65.5 Å². The van der Waals surface area contributed by atoms with Gasteiger partial charge in [0.1, 0.15) is 0 Å². The lowest BCUT2D eigenvalue weighted by molar-refractivity contribution is 0.514. The summed E-state index contributed by atoms with van der Waals surface area (Å²) in [5.41, 5.74) is 4.23. The summed E-state index contributed by atoms with van der Waals surface area (Å²) in [6.45, 7) is 4.10. The van der Waals surface area contributed by atoms with Gasteiger partial charge in [-0.1, -0.05) is 30.0 Å². The molecule has 0 amide bonds. The average molecular weight is 276 g/mol. The van der Waals surface area contributed by atoms with Crippen molar-refractivity contribution in [1.29, 1.82) is 0 Å². The third kappa shape index (κ3) is 3.97. The summed E-state index contributed by atoms with van der Waals surface area (Å²) in [6, 6.07) is 10.0. The van der Waals surface area contributed by atoms with E-state index >= 15 is 0 Å². The van der Waals surface area contributed by atoms with Crippen LogP contribution in [0, 0.1) is 11.8 Å². The van der Waals surface area contributed by atoms with Crippen LogP contribution in [0.3, 0.4) is 0 Å². The molecule has 0 radical (unpaired) electrons. The van der Waals surface area contributed by atoms with Crippen molar-refractivity contribution in [2.45, 2.75) is 13.8 Å². The molecule has 21 heavy (non-hydrogen) atoms. The number of fused-ring (bicyclic) bond motifs is 1. The predicted octanol–water partition coefficient (Wildman–Crippen LogP) is 4.00. The molecule has 0 bridgehead atoms. The van der Waals surface area contributed by atoms with Crippen LogP contribution >= 0.6 is 0 Å². The molecule has 0 saturated carbocycles. The van der Waals surface area contributed by atoms with E-state index in [9.17, 15) is 0 Å². The van der Waals surface area contributed by atoms with Crippen LogP contribution in [0.15, 0.2) is 60.0 Å². The topological polar surface area (TPSA) is 16.1 Å². The first-order valence-electron chi connectivity index (χ1n) is 6.96. The number of benzene rings is 1. The van der Waals surface area contributed by atoms with Gasteiger partial charge in [0, 0.05) is 36.9 Å². The number of para-hydroxylation sites is 1. The Hall–Kier alpha value is -2.53. The fourth-order valence-corrected chi connectivity index (χ4v) is 1.81. The summed E-state index contributed by atoms with van der Waals surface area (Å²) >= 11 is 0. The monoisotopic (exact) mass is 276 g/mol. The van der Waals surface area contributed by atoms with Gasteiger partial charge in [-0.3, -0.25) is 4.98 Å². The van der Waals surface area contributed by atoms with Crippen molar-refractivity contribution in [1.82, 2.24) is 9.88 Å². The van der Waals surface area contributed by atoms with E-state index in [0.717, 1.165) is 22.0 Å². The van der Waals surface area contributed by atoms with Crippen molar-refractivity contribution in [3.63, 3.8) is 0 Å². The first kappa shape index (κ1) is 14.9. The molecule has 2 rings (SSSR count). The zero-order chi connectivity index (χ0) is 15.2. The number of pyridine rings is 1. The van der Waals surface area contributed by atoms with Crippen LogP contribution in [-0.4, -0.2) is 24.0 Å². The minimum Gasteiger partial charge on any atom is -0.381 e. The van der Waals surface area contributed by atoms with E-state index < -0.39 is 0 Å². The maximum Gasteiger partial charge on any atom is 0.0714 e. The van der Waals surface area contributed by atoms with E-state index in [1.54, 1.807) is 0 Å². The van der Waals surface area contributed by atoms with Gasteiger partial charge >= 0.3 is 0 Å². The van der Waals surface area contributed by atoms with Crippen molar-refractivity contribution < 1.29 is 0 Å². The molecule has 0 N–H and O–H groups in total. The van der Waals surface area contributed by atoms with Gasteiger partial charge in [0.05, 0.1) is 5.52 Å². The average Bonchev–Trinajstić information content (AvgIpc) is 2.50. The van der Waals surface area contributed by atoms with Crippen LogP contribution < -0.4 is 0 Å². The van der Waals surface area contributed by atoms with E-state index in [4.69, 9.17) is 0 Å². The molecular formula is C19H20N2. The maximum absolute atomic E-state index is 4.35. The molecule has 2 heteroatoms.